The van der Waals surface area contributed by atoms with Crippen LogP contribution in [0.2, 0.25) is 0 Å². The van der Waals surface area contributed by atoms with E-state index in [0.29, 0.717) is 12.5 Å². The summed E-state index contributed by atoms with van der Waals surface area (Å²) in [4.78, 5) is 28.4. The van der Waals surface area contributed by atoms with Crippen molar-refractivity contribution in [3.05, 3.63) is 70.8 Å². The summed E-state index contributed by atoms with van der Waals surface area (Å²) in [6.45, 7) is 7.20. The molecule has 2 aromatic carbocycles. The molecule has 1 fully saturated rings. The number of hydrogen-bond donors (Lipinski definition) is 1. The zero-order valence-electron chi connectivity index (χ0n) is 19.2. The molecule has 0 radical (unpaired) electrons. The van der Waals surface area contributed by atoms with E-state index in [9.17, 15) is 9.59 Å². The number of benzene rings is 2. The summed E-state index contributed by atoms with van der Waals surface area (Å²) >= 11 is 0. The van der Waals surface area contributed by atoms with Gasteiger partial charge in [-0.2, -0.15) is 0 Å². The van der Waals surface area contributed by atoms with Gasteiger partial charge in [-0.15, -0.1) is 0 Å². The van der Waals surface area contributed by atoms with Gasteiger partial charge in [0, 0.05) is 51.8 Å². The highest BCUT2D eigenvalue weighted by atomic mass is 16.2. The molecule has 2 aromatic rings. The number of carbonyl (C=O) groups excluding carboxylic acids is 2. The second-order valence-electron chi connectivity index (χ2n) is 9.25. The molecule has 2 heterocycles. The molecular weight excluding hydrogens is 398 g/mol. The van der Waals surface area contributed by atoms with E-state index < -0.39 is 0 Å². The molecule has 0 unspecified atom stereocenters. The molecule has 32 heavy (non-hydrogen) atoms. The molecule has 1 N–H and O–H groups in total. The lowest BCUT2D eigenvalue weighted by Gasteiger charge is -2.31. The molecule has 0 saturated carbocycles. The maximum atomic E-state index is 12.5. The van der Waals surface area contributed by atoms with Gasteiger partial charge >= 0.3 is 0 Å². The minimum Gasteiger partial charge on any atom is -0.352 e. The van der Waals surface area contributed by atoms with E-state index in [1.165, 1.54) is 16.7 Å². The molecule has 5 heteroatoms. The minimum absolute atomic E-state index is 0.00954. The van der Waals surface area contributed by atoms with Crippen LogP contribution in [0.4, 0.5) is 0 Å². The Kier molecular flexibility index (Phi) is 7.59. The number of nitrogens with zero attached hydrogens (tertiary/aromatic N) is 2. The molecular formula is C27H35N3O2. The van der Waals surface area contributed by atoms with Crippen LogP contribution in [0.25, 0.3) is 0 Å². The van der Waals surface area contributed by atoms with Crippen molar-refractivity contribution < 1.29 is 9.59 Å². The number of carbonyl (C=O) groups is 2. The Balaban J connectivity index is 1.16. The molecule has 0 aromatic heterocycles. The molecule has 0 bridgehead atoms. The SMILES string of the molecule is CC(=O)N1CCC(Cc2ccc(C(=O)NCCCN3CCc4ccccc4C3)cc2)CC1. The van der Waals surface area contributed by atoms with E-state index in [2.05, 4.69) is 46.6 Å². The number of rotatable bonds is 7. The summed E-state index contributed by atoms with van der Waals surface area (Å²) in [5.74, 6) is 0.808. The van der Waals surface area contributed by atoms with E-state index in [-0.39, 0.29) is 11.8 Å². The first-order chi connectivity index (χ1) is 15.6. The fraction of sp³-hybridized carbons (Fsp3) is 0.481. The average molecular weight is 434 g/mol. The lowest BCUT2D eigenvalue weighted by atomic mass is 9.90. The Morgan fingerprint density at radius 2 is 1.69 bits per heavy atom. The van der Waals surface area contributed by atoms with Crippen LogP contribution in [0.1, 0.15) is 53.2 Å². The van der Waals surface area contributed by atoms with Gasteiger partial charge < -0.3 is 10.2 Å². The van der Waals surface area contributed by atoms with Crippen LogP contribution >= 0.6 is 0 Å². The van der Waals surface area contributed by atoms with Gasteiger partial charge in [-0.25, -0.2) is 0 Å². The maximum absolute atomic E-state index is 12.5. The van der Waals surface area contributed by atoms with Crippen molar-refractivity contribution in [1.82, 2.24) is 15.1 Å². The smallest absolute Gasteiger partial charge is 0.251 e. The normalized spacial score (nSPS) is 17.1. The molecule has 2 aliphatic rings. The van der Waals surface area contributed by atoms with E-state index in [1.807, 2.05) is 17.0 Å². The van der Waals surface area contributed by atoms with E-state index >= 15 is 0 Å². The highest BCUT2D eigenvalue weighted by molar-refractivity contribution is 5.94. The van der Waals surface area contributed by atoms with E-state index in [0.717, 1.165) is 70.4 Å². The van der Waals surface area contributed by atoms with Crippen molar-refractivity contribution in [3.8, 4) is 0 Å². The minimum atomic E-state index is 0.00954. The Hall–Kier alpha value is -2.66. The molecule has 170 valence electrons. The Labute approximate surface area is 191 Å². The predicted molar refractivity (Wildman–Crippen MR) is 127 cm³/mol. The summed E-state index contributed by atoms with van der Waals surface area (Å²) in [6, 6.07) is 16.7. The van der Waals surface area contributed by atoms with Gasteiger partial charge in [0.15, 0.2) is 0 Å². The molecule has 5 nitrogen and oxygen atoms in total. The lowest BCUT2D eigenvalue weighted by molar-refractivity contribution is -0.130. The Morgan fingerprint density at radius 1 is 0.969 bits per heavy atom. The topological polar surface area (TPSA) is 52.7 Å². The molecule has 0 aliphatic carbocycles. The Morgan fingerprint density at radius 3 is 2.41 bits per heavy atom. The molecule has 2 aliphatic heterocycles. The number of hydrogen-bond acceptors (Lipinski definition) is 3. The van der Waals surface area contributed by atoms with Gasteiger partial charge in [-0.1, -0.05) is 36.4 Å². The van der Waals surface area contributed by atoms with Crippen molar-refractivity contribution in [2.24, 2.45) is 5.92 Å². The number of piperidine rings is 1. The van der Waals surface area contributed by atoms with Crippen molar-refractivity contribution in [1.29, 1.82) is 0 Å². The van der Waals surface area contributed by atoms with Crippen molar-refractivity contribution in [3.63, 3.8) is 0 Å². The summed E-state index contributed by atoms with van der Waals surface area (Å²) in [6.07, 6.45) is 5.22. The third-order valence-electron chi connectivity index (χ3n) is 6.95. The fourth-order valence-electron chi connectivity index (χ4n) is 4.93. The number of fused-ring (bicyclic) bond motifs is 1. The molecule has 4 rings (SSSR count). The van der Waals surface area contributed by atoms with Crippen LogP contribution in [0.5, 0.6) is 0 Å². The predicted octanol–water partition coefficient (Wildman–Crippen LogP) is 3.67. The summed E-state index contributed by atoms with van der Waals surface area (Å²) < 4.78 is 0. The lowest BCUT2D eigenvalue weighted by Crippen LogP contribution is -2.37. The monoisotopic (exact) mass is 433 g/mol. The molecule has 0 spiro atoms. The standard InChI is InChI=1S/C27H35N3O2/c1-21(31)30-17-11-23(12-18-30)19-22-7-9-25(10-8-22)27(32)28-14-4-15-29-16-13-24-5-2-3-6-26(24)20-29/h2-3,5-10,23H,4,11-20H2,1H3,(H,28,32). The van der Waals surface area contributed by atoms with Crippen molar-refractivity contribution >= 4 is 11.8 Å². The number of nitrogens with one attached hydrogen (secondary N) is 1. The molecule has 0 atom stereocenters. The highest BCUT2D eigenvalue weighted by Crippen LogP contribution is 2.22. The van der Waals surface area contributed by atoms with Gasteiger partial charge in [0.25, 0.3) is 5.91 Å². The first kappa shape index (κ1) is 22.5. The summed E-state index contributed by atoms with van der Waals surface area (Å²) in [5.41, 5.74) is 4.91. The summed E-state index contributed by atoms with van der Waals surface area (Å²) in [7, 11) is 0. The van der Waals surface area contributed by atoms with Gasteiger partial charge in [0.2, 0.25) is 5.91 Å². The first-order valence-corrected chi connectivity index (χ1v) is 12.0. The summed E-state index contributed by atoms with van der Waals surface area (Å²) in [5, 5.41) is 3.07. The number of likely N-dealkylation sites (tertiary alicyclic amines) is 1. The van der Waals surface area contributed by atoms with Crippen LogP contribution in [0, 0.1) is 5.92 Å². The molecule has 2 amide bonds. The van der Waals surface area contributed by atoms with Crippen LogP contribution in [0.3, 0.4) is 0 Å². The van der Waals surface area contributed by atoms with Crippen LogP contribution < -0.4 is 5.32 Å². The quantitative estimate of drug-likeness (QED) is 0.678. The second-order valence-corrected chi connectivity index (χ2v) is 9.25. The van der Waals surface area contributed by atoms with Gasteiger partial charge in [0.05, 0.1) is 0 Å². The van der Waals surface area contributed by atoms with Gasteiger partial charge in [-0.3, -0.25) is 14.5 Å². The van der Waals surface area contributed by atoms with Crippen LogP contribution in [0.15, 0.2) is 48.5 Å². The fourth-order valence-corrected chi connectivity index (χ4v) is 4.93. The number of amides is 2. The maximum Gasteiger partial charge on any atom is 0.251 e. The van der Waals surface area contributed by atoms with E-state index in [1.54, 1.807) is 6.92 Å². The van der Waals surface area contributed by atoms with Crippen LogP contribution in [-0.2, 0) is 24.2 Å². The van der Waals surface area contributed by atoms with Crippen molar-refractivity contribution in [2.45, 2.75) is 45.6 Å². The van der Waals surface area contributed by atoms with E-state index in [4.69, 9.17) is 0 Å². The highest BCUT2D eigenvalue weighted by Gasteiger charge is 2.21. The third-order valence-corrected chi connectivity index (χ3v) is 6.95. The Bertz CT molecular complexity index is 917. The second kappa shape index (κ2) is 10.8. The van der Waals surface area contributed by atoms with Gasteiger partial charge in [-0.05, 0) is 66.8 Å². The average Bonchev–Trinajstić information content (AvgIpc) is 2.82. The van der Waals surface area contributed by atoms with Gasteiger partial charge in [0.1, 0.15) is 0 Å². The van der Waals surface area contributed by atoms with Crippen molar-refractivity contribution in [2.75, 3.05) is 32.7 Å². The van der Waals surface area contributed by atoms with Crippen LogP contribution in [-0.4, -0.2) is 54.3 Å². The zero-order valence-corrected chi connectivity index (χ0v) is 19.2. The molecule has 1 saturated heterocycles. The zero-order chi connectivity index (χ0) is 22.3. The first-order valence-electron chi connectivity index (χ1n) is 12.0. The largest absolute Gasteiger partial charge is 0.352 e. The third kappa shape index (κ3) is 5.98.